The van der Waals surface area contributed by atoms with Gasteiger partial charge in [0.05, 0.1) is 6.20 Å². The second-order valence-electron chi connectivity index (χ2n) is 4.46. The van der Waals surface area contributed by atoms with Crippen molar-refractivity contribution in [2.45, 2.75) is 19.5 Å². The molecule has 0 spiro atoms. The van der Waals surface area contributed by atoms with E-state index in [0.29, 0.717) is 0 Å². The van der Waals surface area contributed by atoms with Crippen LogP contribution in [0, 0.1) is 0 Å². The van der Waals surface area contributed by atoms with Gasteiger partial charge in [0, 0.05) is 42.8 Å². The van der Waals surface area contributed by atoms with Crippen molar-refractivity contribution in [2.24, 2.45) is 12.8 Å². The van der Waals surface area contributed by atoms with Gasteiger partial charge in [-0.25, -0.2) is 0 Å². The molecule has 2 heterocycles. The molecule has 2 rings (SSSR count). The Morgan fingerprint density at radius 1 is 1.56 bits per heavy atom. The van der Waals surface area contributed by atoms with Crippen LogP contribution in [-0.4, -0.2) is 27.8 Å². The lowest BCUT2D eigenvalue weighted by atomic mass is 10.1. The molecule has 2 aromatic heterocycles. The summed E-state index contributed by atoms with van der Waals surface area (Å²) in [6, 6.07) is 4.29. The van der Waals surface area contributed by atoms with Gasteiger partial charge in [0.1, 0.15) is 0 Å². The number of hydrogen-bond acceptors (Lipinski definition) is 4. The molecular weight excluding hydrogens is 244 g/mol. The number of nitrogens with two attached hydrogens (primary N) is 1. The van der Waals surface area contributed by atoms with Crippen molar-refractivity contribution in [1.29, 1.82) is 0 Å². The predicted octanol–water partition coefficient (Wildman–Crippen LogP) is 2.00. The summed E-state index contributed by atoms with van der Waals surface area (Å²) in [5, 5.41) is 6.28. The molecule has 98 valence electrons. The maximum Gasteiger partial charge on any atom is 0.0537 e. The molecule has 2 aromatic rings. The number of aryl methyl sites for hydroxylation is 1. The van der Waals surface area contributed by atoms with Crippen molar-refractivity contribution in [2.75, 3.05) is 13.1 Å². The fourth-order valence-electron chi connectivity index (χ4n) is 1.94. The fourth-order valence-corrected chi connectivity index (χ4v) is 2.69. The van der Waals surface area contributed by atoms with E-state index in [-0.39, 0.29) is 6.04 Å². The number of nitrogens with zero attached hydrogens (tertiary/aromatic N) is 3. The first-order chi connectivity index (χ1) is 8.69. The maximum absolute atomic E-state index is 6.22. The van der Waals surface area contributed by atoms with Crippen LogP contribution < -0.4 is 5.73 Å². The van der Waals surface area contributed by atoms with Crippen molar-refractivity contribution < 1.29 is 0 Å². The smallest absolute Gasteiger partial charge is 0.0537 e. The van der Waals surface area contributed by atoms with E-state index in [2.05, 4.69) is 34.4 Å². The maximum atomic E-state index is 6.22. The van der Waals surface area contributed by atoms with E-state index < -0.39 is 0 Å². The van der Waals surface area contributed by atoms with Crippen molar-refractivity contribution in [3.63, 3.8) is 0 Å². The third kappa shape index (κ3) is 3.41. The summed E-state index contributed by atoms with van der Waals surface area (Å²) in [5.74, 6) is 0. The standard InChI is InChI=1S/C13H20N4S/c1-3-17(9-12-5-4-6-18-12)10-13(14)11-7-15-16(2)8-11/h4-8,13H,3,9-10,14H2,1-2H3. The minimum absolute atomic E-state index is 0.0265. The van der Waals surface area contributed by atoms with Crippen LogP contribution in [0.3, 0.4) is 0 Å². The number of aromatic nitrogens is 2. The van der Waals surface area contributed by atoms with Crippen molar-refractivity contribution in [1.82, 2.24) is 14.7 Å². The molecule has 0 aliphatic rings. The summed E-state index contributed by atoms with van der Waals surface area (Å²) in [6.45, 7) is 5.01. The van der Waals surface area contributed by atoms with Gasteiger partial charge < -0.3 is 5.73 Å². The van der Waals surface area contributed by atoms with Crippen LogP contribution in [0.25, 0.3) is 0 Å². The van der Waals surface area contributed by atoms with Crippen LogP contribution >= 0.6 is 11.3 Å². The van der Waals surface area contributed by atoms with Crippen LogP contribution in [-0.2, 0) is 13.6 Å². The second kappa shape index (κ2) is 6.13. The zero-order valence-electron chi connectivity index (χ0n) is 10.9. The molecule has 1 atom stereocenters. The largest absolute Gasteiger partial charge is 0.323 e. The first kappa shape index (κ1) is 13.3. The van der Waals surface area contributed by atoms with Crippen LogP contribution in [0.15, 0.2) is 29.9 Å². The number of rotatable bonds is 6. The van der Waals surface area contributed by atoms with E-state index in [1.165, 1.54) is 4.88 Å². The monoisotopic (exact) mass is 264 g/mol. The highest BCUT2D eigenvalue weighted by atomic mass is 32.1. The number of thiophene rings is 1. The van der Waals surface area contributed by atoms with E-state index in [1.807, 2.05) is 19.4 Å². The predicted molar refractivity (Wildman–Crippen MR) is 75.4 cm³/mol. The molecule has 2 N–H and O–H groups in total. The quantitative estimate of drug-likeness (QED) is 0.868. The van der Waals surface area contributed by atoms with Gasteiger partial charge in [-0.1, -0.05) is 13.0 Å². The van der Waals surface area contributed by atoms with Crippen molar-refractivity contribution in [3.05, 3.63) is 40.3 Å². The molecule has 0 aliphatic carbocycles. The zero-order valence-corrected chi connectivity index (χ0v) is 11.7. The van der Waals surface area contributed by atoms with Crippen molar-refractivity contribution >= 4 is 11.3 Å². The Labute approximate surface area is 112 Å². The Balaban J connectivity index is 1.93. The summed E-state index contributed by atoms with van der Waals surface area (Å²) in [6.07, 6.45) is 3.84. The van der Waals surface area contributed by atoms with E-state index in [4.69, 9.17) is 5.73 Å². The average molecular weight is 264 g/mol. The van der Waals surface area contributed by atoms with E-state index in [0.717, 1.165) is 25.2 Å². The van der Waals surface area contributed by atoms with Crippen LogP contribution in [0.2, 0.25) is 0 Å². The molecule has 4 nitrogen and oxygen atoms in total. The van der Waals surface area contributed by atoms with Gasteiger partial charge in [0.25, 0.3) is 0 Å². The van der Waals surface area contributed by atoms with Crippen LogP contribution in [0.5, 0.6) is 0 Å². The summed E-state index contributed by atoms with van der Waals surface area (Å²) in [4.78, 5) is 3.75. The van der Waals surface area contributed by atoms with Crippen molar-refractivity contribution in [3.8, 4) is 0 Å². The van der Waals surface area contributed by atoms with E-state index in [9.17, 15) is 0 Å². The van der Waals surface area contributed by atoms with E-state index in [1.54, 1.807) is 16.0 Å². The minimum Gasteiger partial charge on any atom is -0.323 e. The third-order valence-electron chi connectivity index (χ3n) is 3.01. The Morgan fingerprint density at radius 2 is 2.39 bits per heavy atom. The second-order valence-corrected chi connectivity index (χ2v) is 5.49. The van der Waals surface area contributed by atoms with Gasteiger partial charge in [-0.15, -0.1) is 11.3 Å². The Hall–Kier alpha value is -1.17. The molecule has 0 aliphatic heterocycles. The number of likely N-dealkylation sites (N-methyl/N-ethyl adjacent to an activating group) is 1. The van der Waals surface area contributed by atoms with Gasteiger partial charge >= 0.3 is 0 Å². The number of hydrogen-bond donors (Lipinski definition) is 1. The summed E-state index contributed by atoms with van der Waals surface area (Å²) < 4.78 is 1.80. The van der Waals surface area contributed by atoms with Crippen LogP contribution in [0.4, 0.5) is 0 Å². The molecule has 0 aromatic carbocycles. The molecule has 0 fully saturated rings. The van der Waals surface area contributed by atoms with Gasteiger partial charge in [-0.2, -0.15) is 5.10 Å². The normalized spacial score (nSPS) is 13.1. The van der Waals surface area contributed by atoms with Gasteiger partial charge in [-0.3, -0.25) is 9.58 Å². The summed E-state index contributed by atoms with van der Waals surface area (Å²) in [7, 11) is 1.92. The summed E-state index contributed by atoms with van der Waals surface area (Å²) in [5.41, 5.74) is 7.32. The van der Waals surface area contributed by atoms with Crippen LogP contribution in [0.1, 0.15) is 23.4 Å². The van der Waals surface area contributed by atoms with Gasteiger partial charge in [-0.05, 0) is 18.0 Å². The lowest BCUT2D eigenvalue weighted by Crippen LogP contribution is -2.31. The van der Waals surface area contributed by atoms with Gasteiger partial charge in [0.2, 0.25) is 0 Å². The lowest BCUT2D eigenvalue weighted by Gasteiger charge is -2.23. The highest BCUT2D eigenvalue weighted by Gasteiger charge is 2.13. The highest BCUT2D eigenvalue weighted by molar-refractivity contribution is 7.09. The molecule has 18 heavy (non-hydrogen) atoms. The SMILES string of the molecule is CCN(Cc1cccs1)CC(N)c1cnn(C)c1. The highest BCUT2D eigenvalue weighted by Crippen LogP contribution is 2.15. The fraction of sp³-hybridized carbons (Fsp3) is 0.462. The Kier molecular flexibility index (Phi) is 4.52. The van der Waals surface area contributed by atoms with E-state index >= 15 is 0 Å². The Bertz CT molecular complexity index is 463. The zero-order chi connectivity index (χ0) is 13.0. The molecule has 0 radical (unpaired) electrons. The van der Waals surface area contributed by atoms with Gasteiger partial charge in [0.15, 0.2) is 0 Å². The molecule has 1 unspecified atom stereocenters. The topological polar surface area (TPSA) is 47.1 Å². The molecule has 0 amide bonds. The summed E-state index contributed by atoms with van der Waals surface area (Å²) >= 11 is 1.79. The molecule has 0 bridgehead atoms. The average Bonchev–Trinajstić information content (AvgIpc) is 2.99. The molecule has 0 saturated carbocycles. The molecule has 0 saturated heterocycles. The third-order valence-corrected chi connectivity index (χ3v) is 3.88. The molecule has 5 heteroatoms. The Morgan fingerprint density at radius 3 is 2.94 bits per heavy atom. The lowest BCUT2D eigenvalue weighted by molar-refractivity contribution is 0.264. The minimum atomic E-state index is 0.0265. The molecular formula is C13H20N4S. The first-order valence-corrected chi connectivity index (χ1v) is 7.06. The first-order valence-electron chi connectivity index (χ1n) is 6.18.